The van der Waals surface area contributed by atoms with Gasteiger partial charge in [0.15, 0.2) is 0 Å². The third-order valence-electron chi connectivity index (χ3n) is 3.41. The Hall–Kier alpha value is -2.39. The van der Waals surface area contributed by atoms with Gasteiger partial charge in [0.1, 0.15) is 0 Å². The highest BCUT2D eigenvalue weighted by Gasteiger charge is 2.21. The molecule has 0 aromatic heterocycles. The van der Waals surface area contributed by atoms with E-state index in [2.05, 4.69) is 6.58 Å². The standard InChI is InChI=1S/C18H19NO2/c1-14(2)17(15-9-5-3-6-10-15)13-18(20)19(21)16-11-7-4-8-12-16/h3-12,17,21H,1,13H2,2H3. The molecule has 2 rings (SSSR count). The maximum Gasteiger partial charge on any atom is 0.251 e. The Morgan fingerprint density at radius 2 is 1.62 bits per heavy atom. The number of hydroxylamine groups is 1. The van der Waals surface area contributed by atoms with E-state index in [9.17, 15) is 10.0 Å². The lowest BCUT2D eigenvalue weighted by molar-refractivity contribution is -0.123. The number of hydrogen-bond acceptors (Lipinski definition) is 2. The predicted octanol–water partition coefficient (Wildman–Crippen LogP) is 4.16. The SMILES string of the molecule is C=C(C)C(CC(=O)N(O)c1ccccc1)c1ccccc1. The highest BCUT2D eigenvalue weighted by molar-refractivity contribution is 5.91. The smallest absolute Gasteiger partial charge is 0.251 e. The number of rotatable bonds is 5. The number of allylic oxidation sites excluding steroid dienone is 1. The second-order valence-electron chi connectivity index (χ2n) is 5.05. The zero-order valence-corrected chi connectivity index (χ0v) is 12.1. The van der Waals surface area contributed by atoms with Gasteiger partial charge in [-0.2, -0.15) is 5.06 Å². The van der Waals surface area contributed by atoms with E-state index >= 15 is 0 Å². The van der Waals surface area contributed by atoms with E-state index in [-0.39, 0.29) is 18.2 Å². The summed E-state index contributed by atoms with van der Waals surface area (Å²) in [6, 6.07) is 18.5. The summed E-state index contributed by atoms with van der Waals surface area (Å²) in [7, 11) is 0. The van der Waals surface area contributed by atoms with Gasteiger partial charge in [0.2, 0.25) is 0 Å². The average Bonchev–Trinajstić information content (AvgIpc) is 2.53. The average molecular weight is 281 g/mol. The number of benzene rings is 2. The van der Waals surface area contributed by atoms with Crippen molar-refractivity contribution in [3.8, 4) is 0 Å². The van der Waals surface area contributed by atoms with Gasteiger partial charge in [0.05, 0.1) is 5.69 Å². The zero-order valence-electron chi connectivity index (χ0n) is 12.1. The number of para-hydroxylation sites is 1. The quantitative estimate of drug-likeness (QED) is 0.508. The Bertz CT molecular complexity index is 608. The number of hydrogen-bond donors (Lipinski definition) is 1. The van der Waals surface area contributed by atoms with Crippen LogP contribution in [-0.4, -0.2) is 11.1 Å². The van der Waals surface area contributed by atoms with Crippen LogP contribution in [0.5, 0.6) is 0 Å². The van der Waals surface area contributed by atoms with Crippen molar-refractivity contribution >= 4 is 11.6 Å². The van der Waals surface area contributed by atoms with Gasteiger partial charge in [-0.25, -0.2) is 0 Å². The maximum atomic E-state index is 12.3. The summed E-state index contributed by atoms with van der Waals surface area (Å²) in [5.41, 5.74) is 2.40. The number of amides is 1. The van der Waals surface area contributed by atoms with Crippen molar-refractivity contribution in [2.24, 2.45) is 0 Å². The minimum atomic E-state index is -0.349. The zero-order chi connectivity index (χ0) is 15.2. The summed E-state index contributed by atoms with van der Waals surface area (Å²) in [4.78, 5) is 12.3. The molecule has 0 aliphatic carbocycles. The van der Waals surface area contributed by atoms with Crippen LogP contribution in [0.3, 0.4) is 0 Å². The Morgan fingerprint density at radius 3 is 2.14 bits per heavy atom. The monoisotopic (exact) mass is 281 g/mol. The van der Waals surface area contributed by atoms with Crippen LogP contribution in [0.1, 0.15) is 24.8 Å². The highest BCUT2D eigenvalue weighted by Crippen LogP contribution is 2.27. The summed E-state index contributed by atoms with van der Waals surface area (Å²) in [6.07, 6.45) is 0.185. The van der Waals surface area contributed by atoms with Gasteiger partial charge < -0.3 is 0 Å². The first-order chi connectivity index (χ1) is 10.1. The lowest BCUT2D eigenvalue weighted by atomic mass is 9.89. The second kappa shape index (κ2) is 6.86. The minimum absolute atomic E-state index is 0.0999. The largest absolute Gasteiger partial charge is 0.281 e. The van der Waals surface area contributed by atoms with Crippen molar-refractivity contribution in [1.82, 2.24) is 0 Å². The number of carbonyl (C=O) groups excluding carboxylic acids is 1. The van der Waals surface area contributed by atoms with Gasteiger partial charge >= 0.3 is 0 Å². The predicted molar refractivity (Wildman–Crippen MR) is 84.3 cm³/mol. The lowest BCUT2D eigenvalue weighted by Gasteiger charge is -2.21. The topological polar surface area (TPSA) is 40.5 Å². The molecule has 2 aromatic rings. The van der Waals surface area contributed by atoms with Gasteiger partial charge in [-0.05, 0) is 24.6 Å². The van der Waals surface area contributed by atoms with E-state index in [4.69, 9.17) is 0 Å². The first-order valence-corrected chi connectivity index (χ1v) is 6.87. The molecule has 3 nitrogen and oxygen atoms in total. The van der Waals surface area contributed by atoms with Gasteiger partial charge in [0.25, 0.3) is 5.91 Å². The molecule has 0 radical (unpaired) electrons. The van der Waals surface area contributed by atoms with Crippen LogP contribution in [0.15, 0.2) is 72.8 Å². The Labute approximate surface area is 125 Å². The molecule has 0 aliphatic rings. The fraction of sp³-hybridized carbons (Fsp3) is 0.167. The summed E-state index contributed by atoms with van der Waals surface area (Å²) < 4.78 is 0. The van der Waals surface area contributed by atoms with Gasteiger partial charge in [0, 0.05) is 12.3 Å². The van der Waals surface area contributed by atoms with E-state index in [1.807, 2.05) is 43.3 Å². The molecule has 0 spiro atoms. The molecule has 1 unspecified atom stereocenters. The molecule has 3 heteroatoms. The van der Waals surface area contributed by atoms with Crippen molar-refractivity contribution in [1.29, 1.82) is 0 Å². The molecule has 0 saturated carbocycles. The third kappa shape index (κ3) is 3.80. The van der Waals surface area contributed by atoms with Crippen molar-refractivity contribution in [3.05, 3.63) is 78.4 Å². The molecule has 1 atom stereocenters. The molecule has 1 amide bonds. The molecule has 21 heavy (non-hydrogen) atoms. The highest BCUT2D eigenvalue weighted by atomic mass is 16.5. The van der Waals surface area contributed by atoms with Crippen molar-refractivity contribution in [3.63, 3.8) is 0 Å². The van der Waals surface area contributed by atoms with E-state index in [0.717, 1.165) is 11.1 Å². The van der Waals surface area contributed by atoms with Crippen molar-refractivity contribution < 1.29 is 10.0 Å². The molecular weight excluding hydrogens is 262 g/mol. The van der Waals surface area contributed by atoms with E-state index in [1.165, 1.54) is 0 Å². The van der Waals surface area contributed by atoms with Crippen LogP contribution >= 0.6 is 0 Å². The molecule has 0 bridgehead atoms. The van der Waals surface area contributed by atoms with Crippen LogP contribution < -0.4 is 5.06 Å². The fourth-order valence-corrected chi connectivity index (χ4v) is 2.24. The molecule has 2 aromatic carbocycles. The van der Waals surface area contributed by atoms with Gasteiger partial charge in [-0.3, -0.25) is 10.0 Å². The molecule has 1 N–H and O–H groups in total. The third-order valence-corrected chi connectivity index (χ3v) is 3.41. The van der Waals surface area contributed by atoms with Crippen LogP contribution in [0.2, 0.25) is 0 Å². The number of anilines is 1. The van der Waals surface area contributed by atoms with Crippen LogP contribution in [0.4, 0.5) is 5.69 Å². The maximum absolute atomic E-state index is 12.3. The van der Waals surface area contributed by atoms with Gasteiger partial charge in [-0.15, -0.1) is 0 Å². The number of nitrogens with zero attached hydrogens (tertiary/aromatic N) is 1. The summed E-state index contributed by atoms with van der Waals surface area (Å²) >= 11 is 0. The molecular formula is C18H19NO2. The fourth-order valence-electron chi connectivity index (χ4n) is 2.24. The van der Waals surface area contributed by atoms with Crippen molar-refractivity contribution in [2.45, 2.75) is 19.3 Å². The first-order valence-electron chi connectivity index (χ1n) is 6.87. The second-order valence-corrected chi connectivity index (χ2v) is 5.05. The minimum Gasteiger partial charge on any atom is -0.281 e. The summed E-state index contributed by atoms with van der Waals surface area (Å²) in [5.74, 6) is -0.449. The van der Waals surface area contributed by atoms with Crippen LogP contribution in [0, 0.1) is 0 Å². The lowest BCUT2D eigenvalue weighted by Crippen LogP contribution is -2.28. The van der Waals surface area contributed by atoms with Crippen LogP contribution in [-0.2, 0) is 4.79 Å². The molecule has 0 fully saturated rings. The van der Waals surface area contributed by atoms with Gasteiger partial charge in [-0.1, -0.05) is 60.7 Å². The van der Waals surface area contributed by atoms with E-state index < -0.39 is 0 Å². The van der Waals surface area contributed by atoms with E-state index in [0.29, 0.717) is 10.8 Å². The number of carbonyl (C=O) groups is 1. The first kappa shape index (κ1) is 15.0. The van der Waals surface area contributed by atoms with E-state index in [1.54, 1.807) is 24.3 Å². The van der Waals surface area contributed by atoms with Crippen LogP contribution in [0.25, 0.3) is 0 Å². The molecule has 0 aliphatic heterocycles. The summed E-state index contributed by atoms with van der Waals surface area (Å²) in [6.45, 7) is 5.86. The Balaban J connectivity index is 2.14. The molecule has 108 valence electrons. The summed E-state index contributed by atoms with van der Waals surface area (Å²) in [5, 5.41) is 10.7. The normalized spacial score (nSPS) is 11.7. The Kier molecular flexibility index (Phi) is 4.90. The molecule has 0 saturated heterocycles. The van der Waals surface area contributed by atoms with Crippen molar-refractivity contribution in [2.75, 3.05) is 5.06 Å². The Morgan fingerprint density at radius 1 is 1.10 bits per heavy atom. The molecule has 0 heterocycles.